The maximum atomic E-state index is 6.33. The van der Waals surface area contributed by atoms with Crippen molar-refractivity contribution < 1.29 is 9.47 Å². The van der Waals surface area contributed by atoms with Gasteiger partial charge in [0.25, 0.3) is 0 Å². The molecule has 4 heteroatoms. The van der Waals surface area contributed by atoms with Crippen LogP contribution in [0.15, 0.2) is 36.4 Å². The Balaban J connectivity index is 2.17. The van der Waals surface area contributed by atoms with Gasteiger partial charge in [-0.1, -0.05) is 86.4 Å². The largest absolute Gasteiger partial charge is 0.467 e. The zero-order valence-corrected chi connectivity index (χ0v) is 24.3. The maximum absolute atomic E-state index is 6.33. The normalized spacial score (nSPS) is 16.6. The highest BCUT2D eigenvalue weighted by Crippen LogP contribution is 2.53. The Kier molecular flexibility index (Phi) is 10.1. The number of benzene rings is 2. The standard InChI is InChI=1S/C31H48NO2P/c1-8-10-18-31(9-2,35-28-17-13-12-16-27(28)32-19-14-11-15-20-32)26-22-25(30(4,5)6)21-24(3)29(26)34-23-33-7/h12-13,16-17,21-22,35H,8-11,14-15,18-20,23H2,1-7H3. The van der Waals surface area contributed by atoms with Crippen LogP contribution in [0.25, 0.3) is 0 Å². The van der Waals surface area contributed by atoms with Crippen LogP contribution in [0.5, 0.6) is 5.75 Å². The molecule has 1 aliphatic heterocycles. The van der Waals surface area contributed by atoms with Crippen molar-refractivity contribution in [2.45, 2.75) is 97.1 Å². The van der Waals surface area contributed by atoms with E-state index in [9.17, 15) is 0 Å². The summed E-state index contributed by atoms with van der Waals surface area (Å²) in [4.78, 5) is 2.63. The van der Waals surface area contributed by atoms with Gasteiger partial charge in [0, 0.05) is 36.6 Å². The summed E-state index contributed by atoms with van der Waals surface area (Å²) in [6.45, 7) is 16.5. The lowest BCUT2D eigenvalue weighted by Crippen LogP contribution is -2.33. The summed E-state index contributed by atoms with van der Waals surface area (Å²) in [6, 6.07) is 14.0. The molecule has 0 amide bonds. The summed E-state index contributed by atoms with van der Waals surface area (Å²) >= 11 is 0. The summed E-state index contributed by atoms with van der Waals surface area (Å²) in [5.41, 5.74) is 5.51. The Morgan fingerprint density at radius 3 is 2.34 bits per heavy atom. The molecule has 2 aromatic rings. The van der Waals surface area contributed by atoms with E-state index in [0.717, 1.165) is 12.2 Å². The van der Waals surface area contributed by atoms with E-state index in [1.165, 1.54) is 79.3 Å². The summed E-state index contributed by atoms with van der Waals surface area (Å²) in [5.74, 6) is 1.03. The maximum Gasteiger partial charge on any atom is 0.188 e. The predicted molar refractivity (Wildman–Crippen MR) is 154 cm³/mol. The third kappa shape index (κ3) is 6.80. The first-order valence-electron chi connectivity index (χ1n) is 13.6. The van der Waals surface area contributed by atoms with Crippen molar-refractivity contribution in [3.05, 3.63) is 53.1 Å². The van der Waals surface area contributed by atoms with Gasteiger partial charge in [-0.3, -0.25) is 0 Å². The molecule has 0 radical (unpaired) electrons. The van der Waals surface area contributed by atoms with Crippen LogP contribution < -0.4 is 14.9 Å². The lowest BCUT2D eigenvalue weighted by Gasteiger charge is -2.39. The minimum Gasteiger partial charge on any atom is -0.467 e. The van der Waals surface area contributed by atoms with Crippen LogP contribution in [0.2, 0.25) is 0 Å². The van der Waals surface area contributed by atoms with Crippen LogP contribution in [-0.2, 0) is 15.3 Å². The summed E-state index contributed by atoms with van der Waals surface area (Å²) in [5, 5.41) is 1.54. The molecule has 3 nitrogen and oxygen atoms in total. The molecule has 1 fully saturated rings. The minimum absolute atomic E-state index is 0.0387. The van der Waals surface area contributed by atoms with Gasteiger partial charge in [-0.05, 0) is 66.9 Å². The quantitative estimate of drug-likeness (QED) is 0.231. The van der Waals surface area contributed by atoms with Gasteiger partial charge in [0.1, 0.15) is 5.75 Å². The molecule has 0 aromatic heterocycles. The van der Waals surface area contributed by atoms with E-state index in [0.29, 0.717) is 8.58 Å². The monoisotopic (exact) mass is 497 g/mol. The predicted octanol–water partition coefficient (Wildman–Crippen LogP) is 8.07. The molecule has 2 unspecified atom stereocenters. The molecule has 194 valence electrons. The lowest BCUT2D eigenvalue weighted by molar-refractivity contribution is 0.0493. The van der Waals surface area contributed by atoms with Crippen LogP contribution in [0, 0.1) is 6.92 Å². The second-order valence-corrected chi connectivity index (χ2v) is 12.9. The molecule has 1 saturated heterocycles. The lowest BCUT2D eigenvalue weighted by atomic mass is 9.80. The Morgan fingerprint density at radius 1 is 1.00 bits per heavy atom. The third-order valence-electron chi connectivity index (χ3n) is 7.51. The van der Waals surface area contributed by atoms with E-state index in [1.54, 1.807) is 7.11 Å². The van der Waals surface area contributed by atoms with Crippen LogP contribution in [0.1, 0.15) is 96.3 Å². The van der Waals surface area contributed by atoms with Crippen molar-refractivity contribution in [3.63, 3.8) is 0 Å². The molecule has 1 aliphatic rings. The first kappa shape index (κ1) is 28.0. The number of anilines is 1. The molecule has 2 atom stereocenters. The van der Waals surface area contributed by atoms with Crippen molar-refractivity contribution in [2.24, 2.45) is 0 Å². The van der Waals surface area contributed by atoms with Gasteiger partial charge in [-0.2, -0.15) is 0 Å². The molecule has 3 rings (SSSR count). The van der Waals surface area contributed by atoms with Crippen LogP contribution in [-0.4, -0.2) is 27.0 Å². The number of hydrogen-bond donors (Lipinski definition) is 0. The van der Waals surface area contributed by atoms with E-state index in [-0.39, 0.29) is 17.4 Å². The summed E-state index contributed by atoms with van der Waals surface area (Å²) in [6.07, 6.45) is 8.64. The Hall–Kier alpha value is -1.57. The molecule has 0 saturated carbocycles. The number of methoxy groups -OCH3 is 1. The highest BCUT2D eigenvalue weighted by atomic mass is 31.1. The Labute approximate surface area is 216 Å². The zero-order chi connectivity index (χ0) is 25.5. The number of rotatable bonds is 11. The van der Waals surface area contributed by atoms with Gasteiger partial charge in [0.2, 0.25) is 0 Å². The molecule has 0 N–H and O–H groups in total. The smallest absolute Gasteiger partial charge is 0.188 e. The minimum atomic E-state index is 0.0387. The second-order valence-electron chi connectivity index (χ2n) is 11.2. The van der Waals surface area contributed by atoms with E-state index in [4.69, 9.17) is 9.47 Å². The van der Waals surface area contributed by atoms with Gasteiger partial charge in [-0.25, -0.2) is 0 Å². The summed E-state index contributed by atoms with van der Waals surface area (Å²) < 4.78 is 11.7. The number of ether oxygens (including phenoxy) is 2. The fourth-order valence-corrected chi connectivity index (χ4v) is 7.18. The first-order chi connectivity index (χ1) is 16.8. The van der Waals surface area contributed by atoms with Gasteiger partial charge >= 0.3 is 0 Å². The topological polar surface area (TPSA) is 21.7 Å². The van der Waals surface area contributed by atoms with Crippen molar-refractivity contribution in [1.29, 1.82) is 0 Å². The van der Waals surface area contributed by atoms with Crippen molar-refractivity contribution in [2.75, 3.05) is 31.9 Å². The van der Waals surface area contributed by atoms with Crippen molar-refractivity contribution >= 4 is 19.6 Å². The fraction of sp³-hybridized carbons (Fsp3) is 0.613. The number of piperidine rings is 1. The van der Waals surface area contributed by atoms with Gasteiger partial charge in [0.05, 0.1) is 0 Å². The molecule has 2 aromatic carbocycles. The number of unbranched alkanes of at least 4 members (excludes halogenated alkanes) is 1. The van der Waals surface area contributed by atoms with Gasteiger partial charge < -0.3 is 14.4 Å². The number of hydrogen-bond acceptors (Lipinski definition) is 3. The van der Waals surface area contributed by atoms with Crippen LogP contribution in [0.3, 0.4) is 0 Å². The number of para-hydroxylation sites is 1. The summed E-state index contributed by atoms with van der Waals surface area (Å²) in [7, 11) is 2.40. The zero-order valence-electron chi connectivity index (χ0n) is 23.3. The molecule has 0 spiro atoms. The number of nitrogens with zero attached hydrogens (tertiary/aromatic N) is 1. The molecule has 35 heavy (non-hydrogen) atoms. The van der Waals surface area contributed by atoms with E-state index < -0.39 is 0 Å². The third-order valence-corrected chi connectivity index (χ3v) is 9.56. The Bertz CT molecular complexity index is 945. The average Bonchev–Trinajstić information content (AvgIpc) is 2.85. The van der Waals surface area contributed by atoms with E-state index in [2.05, 4.69) is 82.8 Å². The fourth-order valence-electron chi connectivity index (χ4n) is 5.32. The first-order valence-corrected chi connectivity index (χ1v) is 14.6. The molecule has 1 heterocycles. The van der Waals surface area contributed by atoms with Gasteiger partial charge in [0.15, 0.2) is 6.79 Å². The van der Waals surface area contributed by atoms with Crippen LogP contribution >= 0.6 is 8.58 Å². The SMILES string of the molecule is CCCCC(CC)(Pc1ccccc1N1CCCCC1)c1cc(C(C)(C)C)cc(C)c1OCOC. The molecule has 0 aliphatic carbocycles. The van der Waals surface area contributed by atoms with E-state index >= 15 is 0 Å². The van der Waals surface area contributed by atoms with Crippen LogP contribution in [0.4, 0.5) is 5.69 Å². The average molecular weight is 498 g/mol. The highest BCUT2D eigenvalue weighted by molar-refractivity contribution is 7.49. The van der Waals surface area contributed by atoms with Gasteiger partial charge in [-0.15, -0.1) is 0 Å². The van der Waals surface area contributed by atoms with E-state index in [1.807, 2.05) is 0 Å². The van der Waals surface area contributed by atoms with Crippen molar-refractivity contribution in [3.8, 4) is 5.75 Å². The number of aryl methyl sites for hydroxylation is 1. The highest BCUT2D eigenvalue weighted by Gasteiger charge is 2.36. The molecular formula is C31H48NO2P. The second kappa shape index (κ2) is 12.6. The molecular weight excluding hydrogens is 449 g/mol. The van der Waals surface area contributed by atoms with Crippen molar-refractivity contribution in [1.82, 2.24) is 0 Å². The Morgan fingerprint density at radius 2 is 1.71 bits per heavy atom. The molecule has 0 bridgehead atoms.